The van der Waals surface area contributed by atoms with E-state index in [0.717, 1.165) is 0 Å². The predicted octanol–water partition coefficient (Wildman–Crippen LogP) is -2.29. The van der Waals surface area contributed by atoms with Gasteiger partial charge in [-0.1, -0.05) is 11.6 Å². The van der Waals surface area contributed by atoms with Gasteiger partial charge in [0.2, 0.25) is 0 Å². The summed E-state index contributed by atoms with van der Waals surface area (Å²) < 4.78 is 0. The number of hydrogen-bond acceptors (Lipinski definition) is 3. The number of aliphatic hydroxyl groups is 1. The monoisotopic (exact) mass is 210 g/mol. The quantitative estimate of drug-likeness (QED) is 0.496. The second-order valence-electron chi connectivity index (χ2n) is 2.96. The smallest absolute Gasteiger partial charge is 0.549 e. The molecule has 5 heteroatoms. The summed E-state index contributed by atoms with van der Waals surface area (Å²) in [6, 6.07) is 0. The second-order valence-corrected chi connectivity index (χ2v) is 3.45. The molecule has 1 atom stereocenters. The predicted molar refractivity (Wildman–Crippen MR) is 42.4 cm³/mol. The molecule has 1 rings (SSSR count). The molecule has 0 aliphatic heterocycles. The first-order chi connectivity index (χ1) is 5.47. The topological polar surface area (TPSA) is 60.4 Å². The van der Waals surface area contributed by atoms with E-state index in [1.165, 1.54) is 19.1 Å². The van der Waals surface area contributed by atoms with E-state index in [2.05, 4.69) is 0 Å². The van der Waals surface area contributed by atoms with Gasteiger partial charge in [-0.3, -0.25) is 0 Å². The van der Waals surface area contributed by atoms with E-state index in [9.17, 15) is 15.0 Å². The van der Waals surface area contributed by atoms with Crippen molar-refractivity contribution in [1.29, 1.82) is 0 Å². The van der Waals surface area contributed by atoms with Crippen LogP contribution in [-0.4, -0.2) is 11.1 Å². The van der Waals surface area contributed by atoms with Crippen LogP contribution in [0.5, 0.6) is 0 Å². The Labute approximate surface area is 103 Å². The summed E-state index contributed by atoms with van der Waals surface area (Å²) in [7, 11) is 0. The van der Waals surface area contributed by atoms with Crippen LogP contribution in [0.25, 0.3) is 0 Å². The molecule has 0 aromatic heterocycles. The summed E-state index contributed by atoms with van der Waals surface area (Å²) in [5.41, 5.74) is -1.37. The van der Waals surface area contributed by atoms with Gasteiger partial charge in [-0.25, -0.2) is 0 Å². The first-order valence-electron chi connectivity index (χ1n) is 3.44. The van der Waals surface area contributed by atoms with Gasteiger partial charge in [-0.05, 0) is 19.1 Å². The molecular formula is C8H8ClNaO3. The molecule has 0 saturated carbocycles. The van der Waals surface area contributed by atoms with Crippen LogP contribution >= 0.6 is 11.6 Å². The number of halogens is 1. The maximum absolute atomic E-state index is 10.6. The number of carboxylic acid groups (broad SMARTS) is 1. The summed E-state index contributed by atoms with van der Waals surface area (Å²) in [6.45, 7) is 1.38. The van der Waals surface area contributed by atoms with E-state index >= 15 is 0 Å². The molecule has 66 valence electrons. The summed E-state index contributed by atoms with van der Waals surface area (Å²) in [5.74, 6) is -1.53. The molecule has 0 bridgehead atoms. The molecule has 0 radical (unpaired) electrons. The van der Waals surface area contributed by atoms with Crippen LogP contribution in [0, 0.1) is 5.41 Å². The average Bonchev–Trinajstić information content (AvgIpc) is 1.97. The van der Waals surface area contributed by atoms with E-state index in [-0.39, 0.29) is 41.7 Å². The second kappa shape index (κ2) is 4.51. The zero-order valence-corrected chi connectivity index (χ0v) is 10.3. The molecule has 0 aromatic rings. The molecule has 0 aromatic carbocycles. The molecular weight excluding hydrogens is 203 g/mol. The molecule has 1 N–H and O–H groups in total. The third-order valence-electron chi connectivity index (χ3n) is 1.96. The molecule has 1 aliphatic rings. The van der Waals surface area contributed by atoms with E-state index in [0.29, 0.717) is 5.03 Å². The molecule has 0 spiro atoms. The fraction of sp³-hybridized carbons (Fsp3) is 0.375. The Morgan fingerprint density at radius 3 is 2.62 bits per heavy atom. The van der Waals surface area contributed by atoms with Crippen LogP contribution in [0.1, 0.15) is 13.3 Å². The number of aliphatic hydroxyl groups excluding tert-OH is 1. The number of carboxylic acids is 1. The third kappa shape index (κ3) is 2.50. The fourth-order valence-corrected chi connectivity index (χ4v) is 1.35. The minimum Gasteiger partial charge on any atom is -0.549 e. The summed E-state index contributed by atoms with van der Waals surface area (Å²) in [4.78, 5) is 10.6. The number of allylic oxidation sites excluding steroid dienone is 3. The largest absolute Gasteiger partial charge is 1.00 e. The van der Waals surface area contributed by atoms with Gasteiger partial charge in [0.15, 0.2) is 0 Å². The van der Waals surface area contributed by atoms with Crippen LogP contribution in [0.15, 0.2) is 22.9 Å². The minimum atomic E-state index is -1.37. The standard InChI is InChI=1S/C8H9ClO3.Na/c1-8(7(11)12)4-5(9)2-3-6(8)10;/h2-3,10H,4H2,1H3,(H,11,12);/q;+1/p-1. The first kappa shape index (κ1) is 13.0. The van der Waals surface area contributed by atoms with Crippen molar-refractivity contribution in [1.82, 2.24) is 0 Å². The molecule has 1 aliphatic carbocycles. The molecule has 1 unspecified atom stereocenters. The van der Waals surface area contributed by atoms with E-state index < -0.39 is 11.4 Å². The van der Waals surface area contributed by atoms with Gasteiger partial charge in [0.1, 0.15) is 5.76 Å². The van der Waals surface area contributed by atoms with E-state index in [1.54, 1.807) is 0 Å². The molecule has 0 amide bonds. The van der Waals surface area contributed by atoms with Gasteiger partial charge in [-0.15, -0.1) is 0 Å². The maximum atomic E-state index is 10.6. The van der Waals surface area contributed by atoms with Crippen molar-refractivity contribution in [3.8, 4) is 0 Å². The Morgan fingerprint density at radius 1 is 1.69 bits per heavy atom. The Morgan fingerprint density at radius 2 is 2.23 bits per heavy atom. The number of carbonyl (C=O) groups is 1. The summed E-state index contributed by atoms with van der Waals surface area (Å²) in [5, 5.41) is 20.3. The van der Waals surface area contributed by atoms with Gasteiger partial charge in [0.25, 0.3) is 0 Å². The van der Waals surface area contributed by atoms with E-state index in [4.69, 9.17) is 11.6 Å². The number of hydrogen-bond donors (Lipinski definition) is 1. The van der Waals surface area contributed by atoms with Crippen molar-refractivity contribution < 1.29 is 44.6 Å². The Balaban J connectivity index is 0.00000144. The van der Waals surface area contributed by atoms with Gasteiger partial charge in [0.05, 0.1) is 11.4 Å². The van der Waals surface area contributed by atoms with Crippen LogP contribution < -0.4 is 34.7 Å². The fourth-order valence-electron chi connectivity index (χ4n) is 1.02. The Bertz CT molecular complexity index is 285. The molecule has 13 heavy (non-hydrogen) atoms. The summed E-state index contributed by atoms with van der Waals surface area (Å²) >= 11 is 5.62. The zero-order valence-electron chi connectivity index (χ0n) is 7.50. The van der Waals surface area contributed by atoms with Crippen LogP contribution in [0.4, 0.5) is 0 Å². The number of rotatable bonds is 1. The van der Waals surface area contributed by atoms with Crippen LogP contribution in [-0.2, 0) is 4.79 Å². The Kier molecular flexibility index (Phi) is 4.52. The van der Waals surface area contributed by atoms with Crippen molar-refractivity contribution in [3.05, 3.63) is 22.9 Å². The molecule has 0 fully saturated rings. The summed E-state index contributed by atoms with van der Waals surface area (Å²) in [6.07, 6.45) is 2.84. The maximum Gasteiger partial charge on any atom is 1.00 e. The minimum absolute atomic E-state index is 0. The van der Waals surface area contributed by atoms with Crippen molar-refractivity contribution >= 4 is 17.6 Å². The average molecular weight is 211 g/mol. The van der Waals surface area contributed by atoms with Gasteiger partial charge in [-0.2, -0.15) is 0 Å². The number of carbonyl (C=O) groups excluding carboxylic acids is 1. The molecule has 0 heterocycles. The third-order valence-corrected chi connectivity index (χ3v) is 2.22. The Hall–Kier alpha value is 0.0400. The van der Waals surface area contributed by atoms with Crippen molar-refractivity contribution in [2.75, 3.05) is 0 Å². The van der Waals surface area contributed by atoms with Crippen molar-refractivity contribution in [2.24, 2.45) is 5.41 Å². The van der Waals surface area contributed by atoms with Crippen LogP contribution in [0.2, 0.25) is 0 Å². The van der Waals surface area contributed by atoms with E-state index in [1.807, 2.05) is 0 Å². The van der Waals surface area contributed by atoms with Gasteiger partial charge >= 0.3 is 29.6 Å². The first-order valence-corrected chi connectivity index (χ1v) is 3.82. The molecule has 3 nitrogen and oxygen atoms in total. The molecule has 0 saturated heterocycles. The SMILES string of the molecule is CC1(C(=O)[O-])CC(Cl)=CC=C1O.[Na+]. The van der Waals surface area contributed by atoms with Crippen molar-refractivity contribution in [2.45, 2.75) is 13.3 Å². The van der Waals surface area contributed by atoms with Gasteiger partial charge < -0.3 is 15.0 Å². The number of aliphatic carboxylic acids is 1. The zero-order chi connectivity index (χ0) is 9.35. The van der Waals surface area contributed by atoms with Crippen molar-refractivity contribution in [3.63, 3.8) is 0 Å². The normalized spacial score (nSPS) is 26.9. The van der Waals surface area contributed by atoms with Crippen LogP contribution in [0.3, 0.4) is 0 Å². The van der Waals surface area contributed by atoms with Gasteiger partial charge in [0, 0.05) is 11.5 Å².